The van der Waals surface area contributed by atoms with Crippen molar-refractivity contribution in [3.8, 4) is 23.3 Å². The van der Waals surface area contributed by atoms with Crippen LogP contribution in [0.4, 0.5) is 0 Å². The second-order valence-corrected chi connectivity index (χ2v) is 4.73. The van der Waals surface area contributed by atoms with Gasteiger partial charge in [0.25, 0.3) is 0 Å². The van der Waals surface area contributed by atoms with Crippen molar-refractivity contribution in [1.29, 1.82) is 5.26 Å². The van der Waals surface area contributed by atoms with Crippen molar-refractivity contribution in [1.82, 2.24) is 0 Å². The molecule has 2 rings (SSSR count). The summed E-state index contributed by atoms with van der Waals surface area (Å²) in [4.78, 5) is 11.5. The SMILES string of the molecule is COc1cc(C#N)ccc1OCCOc1ccccc1C(C)=O. The van der Waals surface area contributed by atoms with Gasteiger partial charge >= 0.3 is 0 Å². The van der Waals surface area contributed by atoms with Gasteiger partial charge in [0.05, 0.1) is 24.3 Å². The largest absolute Gasteiger partial charge is 0.493 e. The molecule has 2 aromatic carbocycles. The van der Waals surface area contributed by atoms with Gasteiger partial charge in [0, 0.05) is 6.07 Å². The van der Waals surface area contributed by atoms with Crippen molar-refractivity contribution in [3.05, 3.63) is 53.6 Å². The van der Waals surface area contributed by atoms with E-state index in [2.05, 4.69) is 0 Å². The van der Waals surface area contributed by atoms with Gasteiger partial charge in [-0.1, -0.05) is 12.1 Å². The lowest BCUT2D eigenvalue weighted by molar-refractivity contribution is 0.101. The summed E-state index contributed by atoms with van der Waals surface area (Å²) in [5.74, 6) is 1.52. The molecular formula is C18H17NO4. The number of rotatable bonds is 7. The van der Waals surface area contributed by atoms with Gasteiger partial charge in [-0.05, 0) is 31.2 Å². The molecule has 0 radical (unpaired) electrons. The monoisotopic (exact) mass is 311 g/mol. The maximum atomic E-state index is 11.5. The third-order valence-corrected chi connectivity index (χ3v) is 3.16. The summed E-state index contributed by atoms with van der Waals surface area (Å²) in [6.07, 6.45) is 0. The fourth-order valence-electron chi connectivity index (χ4n) is 2.04. The number of carbonyl (C=O) groups excluding carboxylic acids is 1. The van der Waals surface area contributed by atoms with Gasteiger partial charge in [0.1, 0.15) is 19.0 Å². The zero-order valence-corrected chi connectivity index (χ0v) is 13.0. The molecule has 23 heavy (non-hydrogen) atoms. The topological polar surface area (TPSA) is 68.6 Å². The zero-order chi connectivity index (χ0) is 16.7. The lowest BCUT2D eigenvalue weighted by Gasteiger charge is -2.12. The molecule has 0 heterocycles. The van der Waals surface area contributed by atoms with Crippen molar-refractivity contribution in [2.24, 2.45) is 0 Å². The Labute approximate surface area is 135 Å². The fourth-order valence-corrected chi connectivity index (χ4v) is 2.04. The van der Waals surface area contributed by atoms with Gasteiger partial charge in [0.2, 0.25) is 0 Å². The van der Waals surface area contributed by atoms with Crippen LogP contribution in [-0.4, -0.2) is 26.1 Å². The molecule has 5 heteroatoms. The van der Waals surface area contributed by atoms with E-state index in [0.29, 0.717) is 28.4 Å². The zero-order valence-electron chi connectivity index (χ0n) is 13.0. The third-order valence-electron chi connectivity index (χ3n) is 3.16. The number of benzene rings is 2. The van der Waals surface area contributed by atoms with Crippen LogP contribution in [-0.2, 0) is 0 Å². The van der Waals surface area contributed by atoms with Crippen molar-refractivity contribution >= 4 is 5.78 Å². The molecule has 0 saturated heterocycles. The fraction of sp³-hybridized carbons (Fsp3) is 0.222. The number of hydrogen-bond acceptors (Lipinski definition) is 5. The number of ether oxygens (including phenoxy) is 3. The summed E-state index contributed by atoms with van der Waals surface area (Å²) in [5, 5.41) is 8.87. The van der Waals surface area contributed by atoms with Crippen LogP contribution in [0.2, 0.25) is 0 Å². The Morgan fingerprint density at radius 1 is 1.04 bits per heavy atom. The minimum atomic E-state index is -0.0460. The first kappa shape index (κ1) is 16.4. The van der Waals surface area contributed by atoms with E-state index in [4.69, 9.17) is 19.5 Å². The Balaban J connectivity index is 1.94. The predicted octanol–water partition coefficient (Wildman–Crippen LogP) is 3.23. The number of para-hydroxylation sites is 1. The molecule has 0 aliphatic heterocycles. The highest BCUT2D eigenvalue weighted by atomic mass is 16.5. The summed E-state index contributed by atoms with van der Waals surface area (Å²) >= 11 is 0. The molecule has 0 aliphatic rings. The van der Waals surface area contributed by atoms with E-state index in [1.807, 2.05) is 12.1 Å². The Morgan fingerprint density at radius 3 is 2.39 bits per heavy atom. The maximum absolute atomic E-state index is 11.5. The van der Waals surface area contributed by atoms with Crippen LogP contribution in [0, 0.1) is 11.3 Å². The summed E-state index contributed by atoms with van der Waals surface area (Å²) in [6, 6.07) is 14.1. The first-order valence-corrected chi connectivity index (χ1v) is 7.09. The van der Waals surface area contributed by atoms with E-state index in [-0.39, 0.29) is 19.0 Å². The van der Waals surface area contributed by atoms with Crippen molar-refractivity contribution in [2.75, 3.05) is 20.3 Å². The molecule has 0 saturated carbocycles. The molecule has 0 N–H and O–H groups in total. The molecule has 0 amide bonds. The number of nitriles is 1. The molecule has 118 valence electrons. The molecule has 0 spiro atoms. The van der Waals surface area contributed by atoms with Crippen LogP contribution < -0.4 is 14.2 Å². The molecule has 0 aliphatic carbocycles. The quantitative estimate of drug-likeness (QED) is 0.580. The highest BCUT2D eigenvalue weighted by Gasteiger charge is 2.08. The van der Waals surface area contributed by atoms with Crippen molar-refractivity contribution in [2.45, 2.75) is 6.92 Å². The average Bonchev–Trinajstić information content (AvgIpc) is 2.58. The van der Waals surface area contributed by atoms with E-state index in [9.17, 15) is 4.79 Å². The highest BCUT2D eigenvalue weighted by Crippen LogP contribution is 2.27. The van der Waals surface area contributed by atoms with E-state index in [1.165, 1.54) is 14.0 Å². The summed E-state index contributed by atoms with van der Waals surface area (Å²) < 4.78 is 16.4. The smallest absolute Gasteiger partial charge is 0.163 e. The van der Waals surface area contributed by atoms with Crippen LogP contribution >= 0.6 is 0 Å². The standard InChI is InChI=1S/C18H17NO4/c1-13(20)15-5-3-4-6-16(15)22-9-10-23-17-8-7-14(12-19)11-18(17)21-2/h3-8,11H,9-10H2,1-2H3. The Bertz CT molecular complexity index is 734. The Morgan fingerprint density at radius 2 is 1.74 bits per heavy atom. The Hall–Kier alpha value is -3.00. The molecular weight excluding hydrogens is 294 g/mol. The van der Waals surface area contributed by atoms with E-state index >= 15 is 0 Å². The molecule has 0 fully saturated rings. The summed E-state index contributed by atoms with van der Waals surface area (Å²) in [5.41, 5.74) is 1.05. The number of ketones is 1. The maximum Gasteiger partial charge on any atom is 0.163 e. The van der Waals surface area contributed by atoms with Crippen LogP contribution in [0.15, 0.2) is 42.5 Å². The lowest BCUT2D eigenvalue weighted by Crippen LogP contribution is -2.11. The molecule has 0 bridgehead atoms. The van der Waals surface area contributed by atoms with E-state index in [1.54, 1.807) is 36.4 Å². The number of Topliss-reactive ketones (excluding diaryl/α,β-unsaturated/α-hetero) is 1. The van der Waals surface area contributed by atoms with Gasteiger partial charge in [-0.25, -0.2) is 0 Å². The molecule has 2 aromatic rings. The minimum absolute atomic E-state index is 0.0460. The molecule has 5 nitrogen and oxygen atoms in total. The minimum Gasteiger partial charge on any atom is -0.493 e. The van der Waals surface area contributed by atoms with Gasteiger partial charge in [-0.2, -0.15) is 5.26 Å². The second-order valence-electron chi connectivity index (χ2n) is 4.73. The lowest BCUT2D eigenvalue weighted by atomic mass is 10.1. The summed E-state index contributed by atoms with van der Waals surface area (Å²) in [6.45, 7) is 2.07. The van der Waals surface area contributed by atoms with E-state index < -0.39 is 0 Å². The molecule has 0 unspecified atom stereocenters. The van der Waals surface area contributed by atoms with Crippen LogP contribution in [0.1, 0.15) is 22.8 Å². The van der Waals surface area contributed by atoms with Gasteiger partial charge in [0.15, 0.2) is 17.3 Å². The number of nitrogens with zero attached hydrogens (tertiary/aromatic N) is 1. The van der Waals surface area contributed by atoms with Crippen LogP contribution in [0.25, 0.3) is 0 Å². The van der Waals surface area contributed by atoms with Crippen molar-refractivity contribution in [3.63, 3.8) is 0 Å². The predicted molar refractivity (Wildman–Crippen MR) is 85.1 cm³/mol. The molecule has 0 atom stereocenters. The average molecular weight is 311 g/mol. The first-order valence-electron chi connectivity index (χ1n) is 7.09. The van der Waals surface area contributed by atoms with Crippen LogP contribution in [0.5, 0.6) is 17.2 Å². The van der Waals surface area contributed by atoms with Crippen molar-refractivity contribution < 1.29 is 19.0 Å². The number of hydrogen-bond donors (Lipinski definition) is 0. The third kappa shape index (κ3) is 4.24. The van der Waals surface area contributed by atoms with Gasteiger partial charge in [-0.3, -0.25) is 4.79 Å². The first-order chi connectivity index (χ1) is 11.2. The molecule has 0 aromatic heterocycles. The van der Waals surface area contributed by atoms with Gasteiger partial charge in [-0.15, -0.1) is 0 Å². The number of carbonyl (C=O) groups is 1. The number of methoxy groups -OCH3 is 1. The van der Waals surface area contributed by atoms with Gasteiger partial charge < -0.3 is 14.2 Å². The Kier molecular flexibility index (Phi) is 5.59. The highest BCUT2D eigenvalue weighted by molar-refractivity contribution is 5.96. The normalized spacial score (nSPS) is 9.78. The van der Waals surface area contributed by atoms with E-state index in [0.717, 1.165) is 0 Å². The summed E-state index contributed by atoms with van der Waals surface area (Å²) in [7, 11) is 1.52. The van der Waals surface area contributed by atoms with Crippen LogP contribution in [0.3, 0.4) is 0 Å². The second kappa shape index (κ2) is 7.85.